The van der Waals surface area contributed by atoms with Gasteiger partial charge < -0.3 is 14.5 Å². The van der Waals surface area contributed by atoms with Gasteiger partial charge in [0.25, 0.3) is 0 Å². The second-order valence-corrected chi connectivity index (χ2v) is 6.57. The molecule has 2 aromatic rings. The molecule has 0 bridgehead atoms. The average Bonchev–Trinajstić information content (AvgIpc) is 3.27. The van der Waals surface area contributed by atoms with Crippen LogP contribution in [-0.4, -0.2) is 40.8 Å². The molecule has 7 heteroatoms. The molecule has 136 valence electrons. The number of aryl methyl sites for hydroxylation is 2. The minimum atomic E-state index is -0.141. The molecule has 25 heavy (non-hydrogen) atoms. The third-order valence-electron chi connectivity index (χ3n) is 4.80. The van der Waals surface area contributed by atoms with Gasteiger partial charge in [0, 0.05) is 13.1 Å². The number of likely N-dealkylation sites (tertiary alicyclic amines) is 1. The zero-order valence-corrected chi connectivity index (χ0v) is 15.3. The molecule has 0 saturated carbocycles. The maximum Gasteiger partial charge on any atom is 0.234 e. The summed E-state index contributed by atoms with van der Waals surface area (Å²) >= 11 is 0. The number of carbonyl (C=O) groups is 1. The van der Waals surface area contributed by atoms with Crippen LogP contribution in [0.15, 0.2) is 22.8 Å². The first kappa shape index (κ1) is 17.5. The number of carbonyl (C=O) groups excluding carboxylic acids is 1. The number of methoxy groups -OCH3 is 1. The number of hydrogen-bond acceptors (Lipinski definition) is 5. The van der Waals surface area contributed by atoms with Gasteiger partial charge in [0.2, 0.25) is 11.8 Å². The Kier molecular flexibility index (Phi) is 5.13. The Morgan fingerprint density at radius 3 is 3.04 bits per heavy atom. The third kappa shape index (κ3) is 3.56. The van der Waals surface area contributed by atoms with Crippen LogP contribution in [0.3, 0.4) is 0 Å². The summed E-state index contributed by atoms with van der Waals surface area (Å²) in [6.07, 6.45) is 3.68. The SMILES string of the molecule is COc1c([C@H]2CCCN2CC(=O)N[C@H](C)c2ccco2)c(C)nn1C. The van der Waals surface area contributed by atoms with Crippen molar-refractivity contribution in [1.82, 2.24) is 20.0 Å². The Bertz CT molecular complexity index is 723. The van der Waals surface area contributed by atoms with E-state index in [9.17, 15) is 4.79 Å². The van der Waals surface area contributed by atoms with E-state index in [-0.39, 0.29) is 18.0 Å². The Hall–Kier alpha value is -2.28. The fourth-order valence-corrected chi connectivity index (χ4v) is 3.70. The van der Waals surface area contributed by atoms with Gasteiger partial charge in [-0.15, -0.1) is 0 Å². The minimum absolute atomic E-state index is 0.00342. The monoisotopic (exact) mass is 346 g/mol. The molecule has 0 radical (unpaired) electrons. The summed E-state index contributed by atoms with van der Waals surface area (Å²) in [5, 5.41) is 7.48. The number of hydrogen-bond donors (Lipinski definition) is 1. The molecule has 3 rings (SSSR count). The van der Waals surface area contributed by atoms with Crippen molar-refractivity contribution in [3.05, 3.63) is 35.4 Å². The summed E-state index contributed by atoms with van der Waals surface area (Å²) in [4.78, 5) is 14.7. The topological polar surface area (TPSA) is 72.5 Å². The summed E-state index contributed by atoms with van der Waals surface area (Å²) in [5.41, 5.74) is 2.05. The Balaban J connectivity index is 1.69. The van der Waals surface area contributed by atoms with Crippen LogP contribution >= 0.6 is 0 Å². The van der Waals surface area contributed by atoms with E-state index in [0.717, 1.165) is 42.3 Å². The van der Waals surface area contributed by atoms with E-state index >= 15 is 0 Å². The summed E-state index contributed by atoms with van der Waals surface area (Å²) in [7, 11) is 3.55. The highest BCUT2D eigenvalue weighted by Gasteiger charge is 2.33. The molecule has 1 N–H and O–H groups in total. The van der Waals surface area contributed by atoms with Crippen molar-refractivity contribution in [2.45, 2.75) is 38.8 Å². The molecular formula is C18H26N4O3. The lowest BCUT2D eigenvalue weighted by Gasteiger charge is -2.25. The maximum atomic E-state index is 12.5. The Morgan fingerprint density at radius 1 is 1.56 bits per heavy atom. The van der Waals surface area contributed by atoms with E-state index in [2.05, 4.69) is 15.3 Å². The molecular weight excluding hydrogens is 320 g/mol. The van der Waals surface area contributed by atoms with Gasteiger partial charge in [0.1, 0.15) is 5.76 Å². The fourth-order valence-electron chi connectivity index (χ4n) is 3.70. The van der Waals surface area contributed by atoms with Crippen LogP contribution in [0.1, 0.15) is 48.9 Å². The summed E-state index contributed by atoms with van der Waals surface area (Å²) in [5.74, 6) is 1.53. The fraction of sp³-hybridized carbons (Fsp3) is 0.556. The number of nitrogens with one attached hydrogen (secondary N) is 1. The highest BCUT2D eigenvalue weighted by molar-refractivity contribution is 5.78. The van der Waals surface area contributed by atoms with Crippen LogP contribution in [0.25, 0.3) is 0 Å². The third-order valence-corrected chi connectivity index (χ3v) is 4.80. The smallest absolute Gasteiger partial charge is 0.234 e. The average molecular weight is 346 g/mol. The molecule has 1 amide bonds. The number of amides is 1. The molecule has 0 unspecified atom stereocenters. The highest BCUT2D eigenvalue weighted by Crippen LogP contribution is 2.38. The van der Waals surface area contributed by atoms with Gasteiger partial charge in [-0.05, 0) is 45.4 Å². The number of ether oxygens (including phenoxy) is 1. The number of nitrogens with zero attached hydrogens (tertiary/aromatic N) is 3. The van der Waals surface area contributed by atoms with Crippen molar-refractivity contribution in [3.63, 3.8) is 0 Å². The highest BCUT2D eigenvalue weighted by atomic mass is 16.5. The van der Waals surface area contributed by atoms with Crippen LogP contribution in [0.4, 0.5) is 0 Å². The van der Waals surface area contributed by atoms with Crippen LogP contribution in [0, 0.1) is 6.92 Å². The van der Waals surface area contributed by atoms with Crippen molar-refractivity contribution in [2.75, 3.05) is 20.2 Å². The van der Waals surface area contributed by atoms with Crippen LogP contribution in [-0.2, 0) is 11.8 Å². The van der Waals surface area contributed by atoms with Gasteiger partial charge in [0.15, 0.2) is 0 Å². The molecule has 1 fully saturated rings. The van der Waals surface area contributed by atoms with E-state index in [4.69, 9.17) is 9.15 Å². The van der Waals surface area contributed by atoms with E-state index in [1.54, 1.807) is 18.1 Å². The number of rotatable bonds is 6. The van der Waals surface area contributed by atoms with Gasteiger partial charge in [-0.25, -0.2) is 4.68 Å². The Labute approximate surface area is 147 Å². The van der Waals surface area contributed by atoms with Crippen molar-refractivity contribution >= 4 is 5.91 Å². The van der Waals surface area contributed by atoms with E-state index in [0.29, 0.717) is 6.54 Å². The molecule has 2 aromatic heterocycles. The molecule has 2 atom stereocenters. The quantitative estimate of drug-likeness (QED) is 0.869. The summed E-state index contributed by atoms with van der Waals surface area (Å²) < 4.78 is 12.7. The molecule has 1 aliphatic heterocycles. The maximum absolute atomic E-state index is 12.5. The van der Waals surface area contributed by atoms with Gasteiger partial charge in [-0.2, -0.15) is 5.10 Å². The van der Waals surface area contributed by atoms with E-state index in [1.807, 2.05) is 33.0 Å². The standard InChI is InChI=1S/C18H26N4O3/c1-12(15-8-6-10-25-15)19-16(23)11-22-9-5-7-14(22)17-13(2)20-21(3)18(17)24-4/h6,8,10,12,14H,5,7,9,11H2,1-4H3,(H,19,23)/t12-,14-/m1/s1. The van der Waals surface area contributed by atoms with Crippen molar-refractivity contribution in [3.8, 4) is 5.88 Å². The van der Waals surface area contributed by atoms with Gasteiger partial charge in [0.05, 0.1) is 37.2 Å². The van der Waals surface area contributed by atoms with Gasteiger partial charge in [-0.3, -0.25) is 9.69 Å². The first-order valence-corrected chi connectivity index (χ1v) is 8.65. The predicted octanol–water partition coefficient (Wildman–Crippen LogP) is 2.34. The molecule has 7 nitrogen and oxygen atoms in total. The predicted molar refractivity (Wildman–Crippen MR) is 93.3 cm³/mol. The second kappa shape index (κ2) is 7.31. The van der Waals surface area contributed by atoms with Crippen molar-refractivity contribution in [2.24, 2.45) is 7.05 Å². The first-order valence-electron chi connectivity index (χ1n) is 8.65. The molecule has 3 heterocycles. The lowest BCUT2D eigenvalue weighted by Crippen LogP contribution is -2.38. The normalized spacial score (nSPS) is 19.1. The first-order chi connectivity index (χ1) is 12.0. The van der Waals surface area contributed by atoms with Crippen molar-refractivity contribution < 1.29 is 13.9 Å². The molecule has 0 spiro atoms. The van der Waals surface area contributed by atoms with Gasteiger partial charge >= 0.3 is 0 Å². The molecule has 0 aliphatic carbocycles. The molecule has 1 saturated heterocycles. The molecule has 0 aromatic carbocycles. The van der Waals surface area contributed by atoms with Crippen molar-refractivity contribution in [1.29, 1.82) is 0 Å². The van der Waals surface area contributed by atoms with Crippen LogP contribution in [0.2, 0.25) is 0 Å². The minimum Gasteiger partial charge on any atom is -0.481 e. The van der Waals surface area contributed by atoms with E-state index in [1.165, 1.54) is 0 Å². The summed E-state index contributed by atoms with van der Waals surface area (Å²) in [6, 6.07) is 3.71. The second-order valence-electron chi connectivity index (χ2n) is 6.57. The number of furan rings is 1. The Morgan fingerprint density at radius 2 is 2.36 bits per heavy atom. The number of aromatic nitrogens is 2. The molecule has 1 aliphatic rings. The zero-order chi connectivity index (χ0) is 18.0. The lowest BCUT2D eigenvalue weighted by atomic mass is 10.0. The van der Waals surface area contributed by atoms with E-state index < -0.39 is 0 Å². The van der Waals surface area contributed by atoms with Gasteiger partial charge in [-0.1, -0.05) is 0 Å². The van der Waals surface area contributed by atoms with Crippen LogP contribution in [0.5, 0.6) is 5.88 Å². The van der Waals surface area contributed by atoms with Crippen LogP contribution < -0.4 is 10.1 Å². The zero-order valence-electron chi connectivity index (χ0n) is 15.3. The largest absolute Gasteiger partial charge is 0.481 e. The lowest BCUT2D eigenvalue weighted by molar-refractivity contribution is -0.123. The summed E-state index contributed by atoms with van der Waals surface area (Å²) in [6.45, 7) is 5.16.